The Balaban J connectivity index is 2.98. The van der Waals surface area contributed by atoms with Gasteiger partial charge in [0.05, 0.1) is 11.4 Å². The lowest BCUT2D eigenvalue weighted by Crippen LogP contribution is -1.99. The van der Waals surface area contributed by atoms with E-state index >= 15 is 0 Å². The largest absolute Gasteiger partial charge is 0.256 e. The number of allylic oxidation sites excluding steroid dienone is 3. The van der Waals surface area contributed by atoms with Crippen LogP contribution in [0.3, 0.4) is 0 Å². The highest BCUT2D eigenvalue weighted by Crippen LogP contribution is 2.07. The highest BCUT2D eigenvalue weighted by atomic mass is 19.1. The second kappa shape index (κ2) is 5.30. The van der Waals surface area contributed by atoms with Gasteiger partial charge in [-0.2, -0.15) is 0 Å². The van der Waals surface area contributed by atoms with E-state index in [1.54, 1.807) is 13.8 Å². The summed E-state index contributed by atoms with van der Waals surface area (Å²) in [5.41, 5.74) is 1.41. The maximum Gasteiger partial charge on any atom is 0.126 e. The molecule has 0 spiro atoms. The molecule has 0 aliphatic heterocycles. The smallest absolute Gasteiger partial charge is 0.126 e. The maximum absolute atomic E-state index is 12.9. The highest BCUT2D eigenvalue weighted by molar-refractivity contribution is 5.97. The lowest BCUT2D eigenvalue weighted by Gasteiger charge is -2.00. The molecule has 1 aromatic heterocycles. The fourth-order valence-electron chi connectivity index (χ4n) is 1.18. The summed E-state index contributed by atoms with van der Waals surface area (Å²) in [6.45, 7) is 6.41. The number of halogens is 2. The number of aromatic nitrogens is 1. The molecule has 2 nitrogen and oxygen atoms in total. The minimum atomic E-state index is -0.568. The van der Waals surface area contributed by atoms with Crippen molar-refractivity contribution in [3.05, 3.63) is 54.0 Å². The minimum absolute atomic E-state index is 0.379. The average Bonchev–Trinajstić information content (AvgIpc) is 2.16. The van der Waals surface area contributed by atoms with Crippen LogP contribution >= 0.6 is 0 Å². The van der Waals surface area contributed by atoms with Crippen LogP contribution in [0.15, 0.2) is 47.5 Å². The van der Waals surface area contributed by atoms with Gasteiger partial charge in [-0.05, 0) is 26.0 Å². The predicted octanol–water partition coefficient (Wildman–Crippen LogP) is 3.42. The average molecular weight is 222 g/mol. The summed E-state index contributed by atoms with van der Waals surface area (Å²) < 4.78 is 25.3. The van der Waals surface area contributed by atoms with Crippen molar-refractivity contribution < 1.29 is 8.78 Å². The van der Waals surface area contributed by atoms with Gasteiger partial charge >= 0.3 is 0 Å². The monoisotopic (exact) mass is 222 g/mol. The molecule has 0 bridgehead atoms. The molecule has 0 aliphatic rings. The van der Waals surface area contributed by atoms with Crippen LogP contribution in [0.4, 0.5) is 8.78 Å². The number of aliphatic imine (C=N–C) groups is 1. The fraction of sp³-hybridized carbons (Fsp3) is 0.167. The zero-order chi connectivity index (χ0) is 12.1. The van der Waals surface area contributed by atoms with Gasteiger partial charge in [0, 0.05) is 18.0 Å². The molecular weight excluding hydrogens is 210 g/mol. The Labute approximate surface area is 93.1 Å². The quantitative estimate of drug-likeness (QED) is 0.568. The van der Waals surface area contributed by atoms with Crippen molar-refractivity contribution in [3.63, 3.8) is 0 Å². The Morgan fingerprint density at radius 3 is 2.75 bits per heavy atom. The molecule has 0 N–H and O–H groups in total. The van der Waals surface area contributed by atoms with E-state index < -0.39 is 5.83 Å². The van der Waals surface area contributed by atoms with E-state index in [0.717, 1.165) is 0 Å². The van der Waals surface area contributed by atoms with Gasteiger partial charge in [0.1, 0.15) is 11.6 Å². The van der Waals surface area contributed by atoms with Gasteiger partial charge in [-0.1, -0.05) is 6.58 Å². The molecule has 0 saturated heterocycles. The zero-order valence-electron chi connectivity index (χ0n) is 9.17. The Bertz CT molecular complexity index is 462. The Kier molecular flexibility index (Phi) is 4.05. The third-order valence-corrected chi connectivity index (χ3v) is 1.80. The second-order valence-corrected chi connectivity index (χ2v) is 3.29. The van der Waals surface area contributed by atoms with Crippen LogP contribution in [0.1, 0.15) is 19.5 Å². The minimum Gasteiger partial charge on any atom is -0.256 e. The molecule has 16 heavy (non-hydrogen) atoms. The molecule has 0 unspecified atom stereocenters. The normalized spacial score (nSPS) is 12.8. The van der Waals surface area contributed by atoms with Gasteiger partial charge < -0.3 is 0 Å². The summed E-state index contributed by atoms with van der Waals surface area (Å²) in [6, 6.07) is 2.53. The lowest BCUT2D eigenvalue weighted by molar-refractivity contribution is 0.625. The summed E-state index contributed by atoms with van der Waals surface area (Å²) in [4.78, 5) is 8.03. The van der Waals surface area contributed by atoms with E-state index in [1.165, 1.54) is 24.4 Å². The topological polar surface area (TPSA) is 25.2 Å². The molecule has 0 saturated carbocycles. The number of nitrogens with zero attached hydrogens (tertiary/aromatic N) is 2. The van der Waals surface area contributed by atoms with Gasteiger partial charge in [0.15, 0.2) is 0 Å². The van der Waals surface area contributed by atoms with Crippen molar-refractivity contribution in [2.24, 2.45) is 4.99 Å². The molecule has 0 aromatic carbocycles. The summed E-state index contributed by atoms with van der Waals surface area (Å²) in [7, 11) is 0. The molecule has 84 valence electrons. The molecule has 0 atom stereocenters. The van der Waals surface area contributed by atoms with Gasteiger partial charge in [-0.3, -0.25) is 9.98 Å². The van der Waals surface area contributed by atoms with Gasteiger partial charge in [0.25, 0.3) is 0 Å². The van der Waals surface area contributed by atoms with Crippen LogP contribution in [-0.2, 0) is 0 Å². The van der Waals surface area contributed by atoms with Crippen molar-refractivity contribution in [2.45, 2.75) is 13.8 Å². The molecule has 0 radical (unpaired) electrons. The number of hydrogen-bond acceptors (Lipinski definition) is 2. The van der Waals surface area contributed by atoms with Crippen molar-refractivity contribution in [1.29, 1.82) is 0 Å². The van der Waals surface area contributed by atoms with E-state index in [9.17, 15) is 8.78 Å². The SMILES string of the molecule is C=C(F)/C=C(\C)N=C(C)c1cc(F)ccn1. The third-order valence-electron chi connectivity index (χ3n) is 1.80. The lowest BCUT2D eigenvalue weighted by atomic mass is 10.2. The molecule has 1 aromatic rings. The molecule has 1 rings (SSSR count). The van der Waals surface area contributed by atoms with Crippen LogP contribution in [-0.4, -0.2) is 10.7 Å². The molecule has 0 amide bonds. The molecule has 0 aliphatic carbocycles. The van der Waals surface area contributed by atoms with Gasteiger partial charge in [-0.25, -0.2) is 8.78 Å². The number of pyridine rings is 1. The summed E-state index contributed by atoms with van der Waals surface area (Å²) in [5.74, 6) is -0.947. The first-order valence-electron chi connectivity index (χ1n) is 4.69. The number of hydrogen-bond donors (Lipinski definition) is 0. The highest BCUT2D eigenvalue weighted by Gasteiger charge is 2.00. The van der Waals surface area contributed by atoms with Crippen LogP contribution in [0.2, 0.25) is 0 Å². The predicted molar refractivity (Wildman–Crippen MR) is 60.4 cm³/mol. The summed E-state index contributed by atoms with van der Waals surface area (Å²) in [5, 5.41) is 0. The first-order chi connectivity index (χ1) is 7.49. The Morgan fingerprint density at radius 1 is 1.50 bits per heavy atom. The van der Waals surface area contributed by atoms with Crippen molar-refractivity contribution in [3.8, 4) is 0 Å². The van der Waals surface area contributed by atoms with E-state index in [2.05, 4.69) is 16.6 Å². The second-order valence-electron chi connectivity index (χ2n) is 3.29. The van der Waals surface area contributed by atoms with Crippen molar-refractivity contribution in [1.82, 2.24) is 4.98 Å². The van der Waals surface area contributed by atoms with Crippen molar-refractivity contribution >= 4 is 5.71 Å². The molecule has 4 heteroatoms. The molecule has 0 fully saturated rings. The zero-order valence-corrected chi connectivity index (χ0v) is 9.17. The number of rotatable bonds is 3. The first-order valence-corrected chi connectivity index (χ1v) is 4.69. The van der Waals surface area contributed by atoms with Crippen LogP contribution < -0.4 is 0 Å². The molecular formula is C12H12F2N2. The van der Waals surface area contributed by atoms with Crippen LogP contribution in [0.25, 0.3) is 0 Å². The Hall–Kier alpha value is -1.84. The standard InChI is InChI=1S/C12H12F2N2/c1-8(13)6-9(2)16-10(3)12-7-11(14)4-5-15-12/h4-7H,1H2,2-3H3/b9-6+,16-10?. The van der Waals surface area contributed by atoms with Crippen molar-refractivity contribution in [2.75, 3.05) is 0 Å². The van der Waals surface area contributed by atoms with E-state index in [0.29, 0.717) is 17.1 Å². The van der Waals surface area contributed by atoms with Crippen LogP contribution in [0.5, 0.6) is 0 Å². The maximum atomic E-state index is 12.9. The fourth-order valence-corrected chi connectivity index (χ4v) is 1.18. The first kappa shape index (κ1) is 12.2. The van der Waals surface area contributed by atoms with E-state index in [4.69, 9.17) is 0 Å². The summed E-state index contributed by atoms with van der Waals surface area (Å²) >= 11 is 0. The van der Waals surface area contributed by atoms with E-state index in [1.807, 2.05) is 0 Å². The summed E-state index contributed by atoms with van der Waals surface area (Å²) in [6.07, 6.45) is 2.56. The van der Waals surface area contributed by atoms with Gasteiger partial charge in [0.2, 0.25) is 0 Å². The molecule has 1 heterocycles. The van der Waals surface area contributed by atoms with Gasteiger partial charge in [-0.15, -0.1) is 0 Å². The van der Waals surface area contributed by atoms with Crippen LogP contribution in [0, 0.1) is 5.82 Å². The third kappa shape index (κ3) is 3.73. The van der Waals surface area contributed by atoms with E-state index in [-0.39, 0.29) is 5.82 Å². The Morgan fingerprint density at radius 2 is 2.19 bits per heavy atom.